The molecule has 4 aromatic rings. The van der Waals surface area contributed by atoms with Gasteiger partial charge in [-0.05, 0) is 60.2 Å². The van der Waals surface area contributed by atoms with Crippen molar-refractivity contribution in [3.8, 4) is 5.69 Å². The van der Waals surface area contributed by atoms with Crippen LogP contribution in [0.1, 0.15) is 32.9 Å². The SMILES string of the molecule is Cc1nn(Cc2ccccc2Cl)c(C)c1C=NNC(=O)c1ccc(-n2cnnn2)cc1. The maximum atomic E-state index is 12.4. The number of tetrazole rings is 1. The molecular formula is C21H19ClN8O. The fourth-order valence-electron chi connectivity index (χ4n) is 3.10. The Morgan fingerprint density at radius 3 is 2.65 bits per heavy atom. The fraction of sp³-hybridized carbons (Fsp3) is 0.143. The first-order valence-electron chi connectivity index (χ1n) is 9.47. The molecule has 0 fully saturated rings. The van der Waals surface area contributed by atoms with Gasteiger partial charge in [0.25, 0.3) is 5.91 Å². The Morgan fingerprint density at radius 1 is 1.16 bits per heavy atom. The normalized spacial score (nSPS) is 11.2. The highest BCUT2D eigenvalue weighted by molar-refractivity contribution is 6.31. The Morgan fingerprint density at radius 2 is 1.94 bits per heavy atom. The molecule has 0 aliphatic rings. The van der Waals surface area contributed by atoms with Crippen LogP contribution in [0.2, 0.25) is 5.02 Å². The molecule has 10 heteroatoms. The van der Waals surface area contributed by atoms with Gasteiger partial charge in [-0.1, -0.05) is 29.8 Å². The molecule has 0 radical (unpaired) electrons. The minimum absolute atomic E-state index is 0.321. The van der Waals surface area contributed by atoms with Gasteiger partial charge in [0.1, 0.15) is 6.33 Å². The van der Waals surface area contributed by atoms with Crippen LogP contribution in [0.3, 0.4) is 0 Å². The van der Waals surface area contributed by atoms with E-state index in [2.05, 4.69) is 31.2 Å². The van der Waals surface area contributed by atoms with Crippen molar-refractivity contribution in [2.24, 2.45) is 5.10 Å². The van der Waals surface area contributed by atoms with Gasteiger partial charge in [-0.15, -0.1) is 5.10 Å². The van der Waals surface area contributed by atoms with Crippen molar-refractivity contribution in [3.63, 3.8) is 0 Å². The quantitative estimate of drug-likeness (QED) is 0.371. The van der Waals surface area contributed by atoms with Crippen LogP contribution < -0.4 is 5.43 Å². The number of hydrogen-bond acceptors (Lipinski definition) is 6. The zero-order valence-corrected chi connectivity index (χ0v) is 17.7. The van der Waals surface area contributed by atoms with Gasteiger partial charge in [-0.2, -0.15) is 10.2 Å². The average molecular weight is 435 g/mol. The highest BCUT2D eigenvalue weighted by Crippen LogP contribution is 2.18. The Kier molecular flexibility index (Phi) is 5.85. The van der Waals surface area contributed by atoms with E-state index in [9.17, 15) is 4.79 Å². The standard InChI is InChI=1S/C21H19ClN8O/c1-14-19(15(2)29(26-14)12-17-5-3-4-6-20(17)22)11-23-25-21(31)16-7-9-18(10-8-16)30-13-24-27-28-30/h3-11,13H,12H2,1-2H3,(H,25,31). The number of rotatable bonds is 6. The molecule has 0 spiro atoms. The summed E-state index contributed by atoms with van der Waals surface area (Å²) in [7, 11) is 0. The van der Waals surface area contributed by atoms with Crippen LogP contribution >= 0.6 is 11.6 Å². The second-order valence-electron chi connectivity index (χ2n) is 6.83. The minimum Gasteiger partial charge on any atom is -0.267 e. The number of nitrogens with zero attached hydrogens (tertiary/aromatic N) is 7. The summed E-state index contributed by atoms with van der Waals surface area (Å²) in [5.41, 5.74) is 7.35. The molecular weight excluding hydrogens is 416 g/mol. The number of carbonyl (C=O) groups excluding carboxylic acids is 1. The molecule has 156 valence electrons. The van der Waals surface area contributed by atoms with E-state index in [1.165, 1.54) is 11.0 Å². The third-order valence-electron chi connectivity index (χ3n) is 4.82. The predicted octanol–water partition coefficient (Wildman–Crippen LogP) is 2.94. The van der Waals surface area contributed by atoms with Crippen molar-refractivity contribution >= 4 is 23.7 Å². The van der Waals surface area contributed by atoms with Crippen molar-refractivity contribution in [3.05, 3.63) is 88.0 Å². The van der Waals surface area contributed by atoms with Gasteiger partial charge in [-0.25, -0.2) is 10.1 Å². The van der Waals surface area contributed by atoms with Crippen LogP contribution in [0.15, 0.2) is 60.0 Å². The number of nitrogens with one attached hydrogen (secondary N) is 1. The van der Waals surface area contributed by atoms with Crippen molar-refractivity contribution in [1.82, 2.24) is 35.4 Å². The maximum absolute atomic E-state index is 12.4. The molecule has 1 amide bonds. The first kappa shape index (κ1) is 20.4. The monoisotopic (exact) mass is 434 g/mol. The van der Waals surface area contributed by atoms with Gasteiger partial charge in [0.15, 0.2) is 0 Å². The Balaban J connectivity index is 1.43. The van der Waals surface area contributed by atoms with Crippen molar-refractivity contribution in [2.45, 2.75) is 20.4 Å². The lowest BCUT2D eigenvalue weighted by Gasteiger charge is -2.06. The Labute approximate surface area is 183 Å². The molecule has 0 saturated heterocycles. The number of carbonyl (C=O) groups is 1. The topological polar surface area (TPSA) is 103 Å². The number of amides is 1. The van der Waals surface area contributed by atoms with Gasteiger partial charge in [0, 0.05) is 21.8 Å². The van der Waals surface area contributed by atoms with Gasteiger partial charge >= 0.3 is 0 Å². The van der Waals surface area contributed by atoms with Gasteiger partial charge in [0.05, 0.1) is 24.1 Å². The van der Waals surface area contributed by atoms with Crippen LogP contribution in [0.25, 0.3) is 5.69 Å². The van der Waals surface area contributed by atoms with Crippen LogP contribution in [-0.2, 0) is 6.54 Å². The summed E-state index contributed by atoms with van der Waals surface area (Å²) in [6.07, 6.45) is 3.09. The minimum atomic E-state index is -0.321. The van der Waals surface area contributed by atoms with Gasteiger partial charge in [-0.3, -0.25) is 9.48 Å². The zero-order valence-electron chi connectivity index (χ0n) is 16.9. The molecule has 0 atom stereocenters. The first-order chi connectivity index (χ1) is 15.0. The number of benzene rings is 2. The Bertz CT molecular complexity index is 1230. The fourth-order valence-corrected chi connectivity index (χ4v) is 3.30. The predicted molar refractivity (Wildman–Crippen MR) is 116 cm³/mol. The van der Waals surface area contributed by atoms with Crippen molar-refractivity contribution in [1.29, 1.82) is 0 Å². The van der Waals surface area contributed by atoms with E-state index in [-0.39, 0.29) is 5.91 Å². The van der Waals surface area contributed by atoms with E-state index in [1.807, 2.05) is 42.8 Å². The average Bonchev–Trinajstić information content (AvgIpc) is 3.40. The molecule has 0 unspecified atom stereocenters. The van der Waals surface area contributed by atoms with Crippen LogP contribution in [-0.4, -0.2) is 42.1 Å². The Hall–Kier alpha value is -3.85. The van der Waals surface area contributed by atoms with Crippen LogP contribution in [0.5, 0.6) is 0 Å². The summed E-state index contributed by atoms with van der Waals surface area (Å²) in [6.45, 7) is 4.41. The van der Waals surface area contributed by atoms with E-state index in [1.54, 1.807) is 30.5 Å². The van der Waals surface area contributed by atoms with E-state index in [0.717, 1.165) is 28.2 Å². The van der Waals surface area contributed by atoms with Crippen molar-refractivity contribution < 1.29 is 4.79 Å². The first-order valence-corrected chi connectivity index (χ1v) is 9.85. The molecule has 0 saturated carbocycles. The largest absolute Gasteiger partial charge is 0.271 e. The number of hydrazone groups is 1. The second kappa shape index (κ2) is 8.88. The highest BCUT2D eigenvalue weighted by atomic mass is 35.5. The van der Waals surface area contributed by atoms with E-state index < -0.39 is 0 Å². The zero-order chi connectivity index (χ0) is 21.8. The maximum Gasteiger partial charge on any atom is 0.271 e. The number of halogens is 1. The van der Waals surface area contributed by atoms with E-state index in [0.29, 0.717) is 17.1 Å². The third kappa shape index (κ3) is 4.51. The van der Waals surface area contributed by atoms with Gasteiger partial charge < -0.3 is 0 Å². The molecule has 2 aromatic carbocycles. The third-order valence-corrected chi connectivity index (χ3v) is 5.19. The summed E-state index contributed by atoms with van der Waals surface area (Å²) in [5.74, 6) is -0.321. The smallest absolute Gasteiger partial charge is 0.267 e. The lowest BCUT2D eigenvalue weighted by Crippen LogP contribution is -2.17. The summed E-state index contributed by atoms with van der Waals surface area (Å²) < 4.78 is 3.38. The molecule has 2 heterocycles. The number of hydrogen-bond donors (Lipinski definition) is 1. The molecule has 0 aliphatic carbocycles. The lowest BCUT2D eigenvalue weighted by molar-refractivity contribution is 0.0955. The highest BCUT2D eigenvalue weighted by Gasteiger charge is 2.12. The molecule has 9 nitrogen and oxygen atoms in total. The summed E-state index contributed by atoms with van der Waals surface area (Å²) in [5, 5.41) is 20.4. The van der Waals surface area contributed by atoms with E-state index in [4.69, 9.17) is 11.6 Å². The van der Waals surface area contributed by atoms with Crippen molar-refractivity contribution in [2.75, 3.05) is 0 Å². The molecule has 4 rings (SSSR count). The van der Waals surface area contributed by atoms with Gasteiger partial charge in [0.2, 0.25) is 0 Å². The summed E-state index contributed by atoms with van der Waals surface area (Å²) in [4.78, 5) is 12.4. The molecule has 2 aromatic heterocycles. The lowest BCUT2D eigenvalue weighted by atomic mass is 10.2. The number of aryl methyl sites for hydroxylation is 1. The molecule has 31 heavy (non-hydrogen) atoms. The molecule has 0 aliphatic heterocycles. The molecule has 1 N–H and O–H groups in total. The number of aromatic nitrogens is 6. The van der Waals surface area contributed by atoms with Crippen LogP contribution in [0, 0.1) is 13.8 Å². The second-order valence-corrected chi connectivity index (χ2v) is 7.24. The van der Waals surface area contributed by atoms with Crippen LogP contribution in [0.4, 0.5) is 0 Å². The molecule has 0 bridgehead atoms. The van der Waals surface area contributed by atoms with E-state index >= 15 is 0 Å². The summed E-state index contributed by atoms with van der Waals surface area (Å²) in [6, 6.07) is 14.5. The summed E-state index contributed by atoms with van der Waals surface area (Å²) >= 11 is 6.26.